The Balaban J connectivity index is 2.25. The number of likely N-dealkylation sites (tertiary alicyclic amines) is 1. The molecule has 0 amide bonds. The van der Waals surface area contributed by atoms with Crippen molar-refractivity contribution < 1.29 is 0 Å². The third kappa shape index (κ3) is 3.11. The zero-order chi connectivity index (χ0) is 8.97. The van der Waals surface area contributed by atoms with Crippen molar-refractivity contribution in [2.45, 2.75) is 32.7 Å². The molecule has 1 heterocycles. The van der Waals surface area contributed by atoms with E-state index in [2.05, 4.69) is 31.1 Å². The van der Waals surface area contributed by atoms with Gasteiger partial charge in [-0.1, -0.05) is 13.8 Å². The maximum Gasteiger partial charge on any atom is 0.0192 e. The van der Waals surface area contributed by atoms with E-state index in [-0.39, 0.29) is 0 Å². The lowest BCUT2D eigenvalue weighted by Gasteiger charge is -2.33. The summed E-state index contributed by atoms with van der Waals surface area (Å²) in [7, 11) is 2.07. The normalized spacial score (nSPS) is 26.5. The van der Waals surface area contributed by atoms with Crippen LogP contribution in [0.3, 0.4) is 0 Å². The molecule has 1 N–H and O–H groups in total. The van der Waals surface area contributed by atoms with Gasteiger partial charge in [0.1, 0.15) is 0 Å². The molecule has 71 valence electrons. The minimum Gasteiger partial charge on any atom is -0.316 e. The van der Waals surface area contributed by atoms with Crippen molar-refractivity contribution in [3.63, 3.8) is 0 Å². The molecular weight excluding hydrogens is 148 g/mol. The SMILES string of the molecule is CN[C@@H]1CCCN(C[C](C)C)C1. The summed E-state index contributed by atoms with van der Waals surface area (Å²) in [5.41, 5.74) is 0. The van der Waals surface area contributed by atoms with Gasteiger partial charge in [0.05, 0.1) is 0 Å². The largest absolute Gasteiger partial charge is 0.316 e. The summed E-state index contributed by atoms with van der Waals surface area (Å²) in [6.07, 6.45) is 2.69. The molecule has 2 nitrogen and oxygen atoms in total. The summed E-state index contributed by atoms with van der Waals surface area (Å²) >= 11 is 0. The van der Waals surface area contributed by atoms with E-state index >= 15 is 0 Å². The molecule has 2 heteroatoms. The minimum atomic E-state index is 0.720. The molecule has 12 heavy (non-hydrogen) atoms. The first-order valence-electron chi connectivity index (χ1n) is 4.91. The summed E-state index contributed by atoms with van der Waals surface area (Å²) < 4.78 is 0. The van der Waals surface area contributed by atoms with Gasteiger partial charge in [-0.15, -0.1) is 0 Å². The summed E-state index contributed by atoms with van der Waals surface area (Å²) in [5.74, 6) is 1.52. The van der Waals surface area contributed by atoms with Crippen LogP contribution < -0.4 is 5.32 Å². The molecule has 0 spiro atoms. The first kappa shape index (κ1) is 10.0. The molecule has 1 saturated heterocycles. The van der Waals surface area contributed by atoms with Crippen LogP contribution in [0.25, 0.3) is 0 Å². The third-order valence-corrected chi connectivity index (χ3v) is 2.45. The standard InChI is InChI=1S/C10H21N2/c1-9(2)7-12-6-4-5-10(8-12)11-3/h10-11H,4-8H2,1-3H3/t10-/m1/s1. The zero-order valence-corrected chi connectivity index (χ0v) is 8.56. The average Bonchev–Trinajstić information content (AvgIpc) is 2.03. The molecule has 0 bridgehead atoms. The first-order chi connectivity index (χ1) is 5.72. The van der Waals surface area contributed by atoms with Crippen molar-refractivity contribution >= 4 is 0 Å². The van der Waals surface area contributed by atoms with Crippen molar-refractivity contribution in [3.05, 3.63) is 5.92 Å². The maximum atomic E-state index is 3.36. The van der Waals surface area contributed by atoms with Gasteiger partial charge in [0.2, 0.25) is 0 Å². The number of piperidine rings is 1. The quantitative estimate of drug-likeness (QED) is 0.685. The molecule has 1 aliphatic heterocycles. The van der Waals surface area contributed by atoms with Crippen molar-refractivity contribution in [1.82, 2.24) is 10.2 Å². The zero-order valence-electron chi connectivity index (χ0n) is 8.56. The molecule has 0 aromatic rings. The lowest BCUT2D eigenvalue weighted by atomic mass is 10.0. The molecule has 0 saturated carbocycles. The van der Waals surface area contributed by atoms with Gasteiger partial charge < -0.3 is 10.2 Å². The molecule has 1 radical (unpaired) electrons. The van der Waals surface area contributed by atoms with E-state index in [1.807, 2.05) is 0 Å². The van der Waals surface area contributed by atoms with Gasteiger partial charge in [-0.05, 0) is 32.4 Å². The van der Waals surface area contributed by atoms with Gasteiger partial charge in [0, 0.05) is 19.1 Å². The van der Waals surface area contributed by atoms with Crippen molar-refractivity contribution in [2.24, 2.45) is 0 Å². The Bertz CT molecular complexity index is 123. The van der Waals surface area contributed by atoms with Gasteiger partial charge in [-0.3, -0.25) is 0 Å². The lowest BCUT2D eigenvalue weighted by molar-refractivity contribution is 0.202. The van der Waals surface area contributed by atoms with E-state index in [1.165, 1.54) is 38.4 Å². The number of rotatable bonds is 3. The van der Waals surface area contributed by atoms with Gasteiger partial charge >= 0.3 is 0 Å². The highest BCUT2D eigenvalue weighted by molar-refractivity contribution is 4.86. The number of hydrogen-bond donors (Lipinski definition) is 1. The summed E-state index contributed by atoms with van der Waals surface area (Å²) in [6, 6.07) is 0.720. The van der Waals surface area contributed by atoms with Crippen LogP contribution in [0.5, 0.6) is 0 Å². The summed E-state index contributed by atoms with van der Waals surface area (Å²) in [5, 5.41) is 3.36. The maximum absolute atomic E-state index is 3.36. The van der Waals surface area contributed by atoms with Crippen LogP contribution in [-0.4, -0.2) is 37.6 Å². The fraction of sp³-hybridized carbons (Fsp3) is 0.900. The number of nitrogens with one attached hydrogen (secondary N) is 1. The average molecular weight is 169 g/mol. The van der Waals surface area contributed by atoms with Crippen LogP contribution in [-0.2, 0) is 0 Å². The highest BCUT2D eigenvalue weighted by atomic mass is 15.2. The fourth-order valence-electron chi connectivity index (χ4n) is 1.88. The second kappa shape index (κ2) is 4.83. The molecule has 1 rings (SSSR count). The van der Waals surface area contributed by atoms with Crippen molar-refractivity contribution in [2.75, 3.05) is 26.7 Å². The lowest BCUT2D eigenvalue weighted by Crippen LogP contribution is -2.45. The van der Waals surface area contributed by atoms with Crippen LogP contribution in [0.1, 0.15) is 26.7 Å². The van der Waals surface area contributed by atoms with Crippen LogP contribution in [0.2, 0.25) is 0 Å². The Hall–Kier alpha value is -0.0800. The van der Waals surface area contributed by atoms with Crippen molar-refractivity contribution in [3.8, 4) is 0 Å². The number of hydrogen-bond acceptors (Lipinski definition) is 2. The smallest absolute Gasteiger partial charge is 0.0192 e. The highest BCUT2D eigenvalue weighted by Gasteiger charge is 2.18. The Morgan fingerprint density at radius 3 is 2.83 bits per heavy atom. The van der Waals surface area contributed by atoms with Crippen LogP contribution in [0.15, 0.2) is 0 Å². The molecule has 1 atom stereocenters. The van der Waals surface area contributed by atoms with Gasteiger partial charge in [-0.25, -0.2) is 0 Å². The van der Waals surface area contributed by atoms with Gasteiger partial charge in [0.25, 0.3) is 0 Å². The molecule has 0 aliphatic carbocycles. The molecule has 0 aromatic heterocycles. The monoisotopic (exact) mass is 169 g/mol. The molecular formula is C10H21N2. The second-order valence-corrected chi connectivity index (χ2v) is 4.07. The number of nitrogens with zero attached hydrogens (tertiary/aromatic N) is 1. The van der Waals surface area contributed by atoms with E-state index in [9.17, 15) is 0 Å². The summed E-state index contributed by atoms with van der Waals surface area (Å²) in [4.78, 5) is 2.54. The highest BCUT2D eigenvalue weighted by Crippen LogP contribution is 2.11. The predicted octanol–water partition coefficient (Wildman–Crippen LogP) is 1.28. The summed E-state index contributed by atoms with van der Waals surface area (Å²) in [6.45, 7) is 8.11. The van der Waals surface area contributed by atoms with Gasteiger partial charge in [-0.2, -0.15) is 0 Å². The van der Waals surface area contributed by atoms with Crippen LogP contribution >= 0.6 is 0 Å². The van der Waals surface area contributed by atoms with E-state index in [0.29, 0.717) is 0 Å². The van der Waals surface area contributed by atoms with Crippen molar-refractivity contribution in [1.29, 1.82) is 0 Å². The Morgan fingerprint density at radius 2 is 2.25 bits per heavy atom. The molecule has 0 aromatic carbocycles. The first-order valence-corrected chi connectivity index (χ1v) is 4.91. The molecule has 0 unspecified atom stereocenters. The van der Waals surface area contributed by atoms with E-state index in [0.717, 1.165) is 6.04 Å². The van der Waals surface area contributed by atoms with E-state index in [4.69, 9.17) is 0 Å². The Labute approximate surface area is 76.3 Å². The predicted molar refractivity (Wildman–Crippen MR) is 53.1 cm³/mol. The van der Waals surface area contributed by atoms with Crippen LogP contribution in [0.4, 0.5) is 0 Å². The minimum absolute atomic E-state index is 0.720. The fourth-order valence-corrected chi connectivity index (χ4v) is 1.88. The van der Waals surface area contributed by atoms with E-state index < -0.39 is 0 Å². The Morgan fingerprint density at radius 1 is 1.50 bits per heavy atom. The second-order valence-electron chi connectivity index (χ2n) is 4.07. The topological polar surface area (TPSA) is 15.3 Å². The van der Waals surface area contributed by atoms with Crippen LogP contribution in [0, 0.1) is 5.92 Å². The molecule has 1 aliphatic rings. The number of likely N-dealkylation sites (N-methyl/N-ethyl adjacent to an activating group) is 1. The Kier molecular flexibility index (Phi) is 4.02. The van der Waals surface area contributed by atoms with Gasteiger partial charge in [0.15, 0.2) is 0 Å². The molecule has 1 fully saturated rings. The third-order valence-electron chi connectivity index (χ3n) is 2.45. The van der Waals surface area contributed by atoms with E-state index in [1.54, 1.807) is 0 Å².